The molecule has 546 valence electrons. The van der Waals surface area contributed by atoms with Crippen molar-refractivity contribution in [3.8, 4) is 135 Å². The molecule has 2 aliphatic heterocycles. The van der Waals surface area contributed by atoms with Gasteiger partial charge in [-0.1, -0.05) is 309 Å². The van der Waals surface area contributed by atoms with Crippen LogP contribution in [0.5, 0.6) is 46.0 Å². The molecule has 6 nitrogen and oxygen atoms in total. The summed E-state index contributed by atoms with van der Waals surface area (Å²) in [4.78, 5) is 10.7. The van der Waals surface area contributed by atoms with Crippen molar-refractivity contribution in [2.24, 2.45) is 0 Å². The molecule has 117 heavy (non-hydrogen) atoms. The zero-order valence-electron chi connectivity index (χ0n) is 63.6. The molecule has 2 aliphatic carbocycles. The van der Waals surface area contributed by atoms with Crippen LogP contribution in [-0.2, 0) is 10.8 Å². The lowest BCUT2D eigenvalue weighted by atomic mass is 9.67. The van der Waals surface area contributed by atoms with Crippen LogP contribution >= 0.6 is 0 Å². The summed E-state index contributed by atoms with van der Waals surface area (Å²) >= 11 is 0. The molecule has 4 heterocycles. The number of rotatable bonds is 10. The molecule has 0 atom stereocenters. The van der Waals surface area contributed by atoms with E-state index in [1.54, 1.807) is 0 Å². The number of fused-ring (bicyclic) bond motifs is 19. The van der Waals surface area contributed by atoms with Crippen LogP contribution in [0.4, 0.5) is 0 Å². The molecular formula is C111H68N2O4. The molecule has 0 saturated heterocycles. The Morgan fingerprint density at radius 3 is 1.21 bits per heavy atom. The quantitative estimate of drug-likeness (QED) is 0.127. The third-order valence-electron chi connectivity index (χ3n) is 24.9. The van der Waals surface area contributed by atoms with E-state index >= 15 is 0 Å². The Morgan fingerprint density at radius 2 is 0.632 bits per heavy atom. The number of benzene rings is 18. The molecule has 0 fully saturated rings. The highest BCUT2D eigenvalue weighted by Crippen LogP contribution is 2.63. The van der Waals surface area contributed by atoms with Gasteiger partial charge < -0.3 is 18.9 Å². The number of hydrogen-bond acceptors (Lipinski definition) is 6. The normalized spacial score (nSPS) is 13.4. The van der Waals surface area contributed by atoms with Crippen molar-refractivity contribution in [1.29, 1.82) is 0 Å². The van der Waals surface area contributed by atoms with Crippen molar-refractivity contribution < 1.29 is 18.9 Å². The van der Waals surface area contributed by atoms with Crippen molar-refractivity contribution in [2.45, 2.75) is 17.8 Å². The van der Waals surface area contributed by atoms with Crippen LogP contribution in [-0.4, -0.2) is 9.97 Å². The second kappa shape index (κ2) is 25.9. The zero-order valence-corrected chi connectivity index (χ0v) is 63.6. The lowest BCUT2D eigenvalue weighted by molar-refractivity contribution is 0.360. The number of aryl methyl sites for hydroxylation is 1. The van der Waals surface area contributed by atoms with E-state index in [2.05, 4.69) is 383 Å². The monoisotopic (exact) mass is 1490 g/mol. The van der Waals surface area contributed by atoms with Gasteiger partial charge >= 0.3 is 0 Å². The van der Waals surface area contributed by atoms with E-state index in [-0.39, 0.29) is 0 Å². The molecule has 20 aromatic rings. The zero-order chi connectivity index (χ0) is 77.0. The van der Waals surface area contributed by atoms with Gasteiger partial charge in [-0.3, -0.25) is 4.98 Å². The average molecular weight is 1490 g/mol. The molecular weight excluding hydrogens is 1430 g/mol. The molecule has 0 spiro atoms. The highest BCUT2D eigenvalue weighted by atomic mass is 16.6. The molecule has 6 heteroatoms. The number of ether oxygens (including phenoxy) is 4. The van der Waals surface area contributed by atoms with Gasteiger partial charge in [-0.15, -0.1) is 0 Å². The van der Waals surface area contributed by atoms with Crippen molar-refractivity contribution in [1.82, 2.24) is 9.97 Å². The van der Waals surface area contributed by atoms with Crippen LogP contribution < -0.4 is 18.9 Å². The van der Waals surface area contributed by atoms with Crippen LogP contribution in [0, 0.1) is 6.92 Å². The smallest absolute Gasteiger partial charge is 0.179 e. The molecule has 0 radical (unpaired) electrons. The predicted molar refractivity (Wildman–Crippen MR) is 475 cm³/mol. The molecule has 24 rings (SSSR count). The van der Waals surface area contributed by atoms with Gasteiger partial charge in [0.15, 0.2) is 46.0 Å². The maximum absolute atomic E-state index is 7.29. The van der Waals surface area contributed by atoms with Gasteiger partial charge in [-0.25, -0.2) is 4.98 Å². The Hall–Kier alpha value is -15.2. The standard InChI is InChI=1S/C111H68N2O4/c1-67-56-74(60-100(112-67)89-43-25-47-102-109(89)117-106-66-97-93(64-104(106)115-102)88-40-20-22-45-95(88)111(97,78-33-13-5-14-34-78)79-35-15-6-16-36-79)70-50-54-85-86-55-51-72(59-91(86)84-38-18-17-37-83(84)90(85)58-70)80-41-23-28-69-48-49-71-57-73(52-53-81(71)107(69)80)99-62-75(61-98(113-99)68-26-7-2-8-27-68)82-42-24-46-101-108(82)116-105-65-96-92(63-103(105)114-101)87-39-19-21-44-94(87)110(96,76-29-9-3-10-30-76)77-31-11-4-12-32-77/h2-66H,1H3. The highest BCUT2D eigenvalue weighted by molar-refractivity contribution is 6.27. The maximum Gasteiger partial charge on any atom is 0.179 e. The number of hydrogen-bond donors (Lipinski definition) is 0. The van der Waals surface area contributed by atoms with E-state index in [1.165, 1.54) is 98.5 Å². The Bertz CT molecular complexity index is 7470. The fourth-order valence-corrected chi connectivity index (χ4v) is 19.9. The summed E-state index contributed by atoms with van der Waals surface area (Å²) in [6.45, 7) is 2.08. The summed E-state index contributed by atoms with van der Waals surface area (Å²) in [5.41, 5.74) is 25.5. The Morgan fingerprint density at radius 1 is 0.205 bits per heavy atom. The van der Waals surface area contributed by atoms with E-state index < -0.39 is 10.8 Å². The van der Waals surface area contributed by atoms with Crippen LogP contribution in [0.15, 0.2) is 394 Å². The first-order valence-electron chi connectivity index (χ1n) is 40.0. The molecule has 18 aromatic carbocycles. The highest BCUT2D eigenvalue weighted by Gasteiger charge is 2.49. The maximum atomic E-state index is 7.29. The van der Waals surface area contributed by atoms with Crippen molar-refractivity contribution in [2.75, 3.05) is 0 Å². The number of pyridine rings is 2. The number of nitrogens with zero attached hydrogens (tertiary/aromatic N) is 2. The Balaban J connectivity index is 0.569. The summed E-state index contributed by atoms with van der Waals surface area (Å²) < 4.78 is 28.4. The van der Waals surface area contributed by atoms with Gasteiger partial charge in [0.25, 0.3) is 0 Å². The van der Waals surface area contributed by atoms with E-state index in [1.807, 2.05) is 18.2 Å². The number of aromatic nitrogens is 2. The van der Waals surface area contributed by atoms with E-state index in [9.17, 15) is 0 Å². The SMILES string of the molecule is Cc1cc(-c2ccc3c4ccc(-c5cccc6ccc7cc(-c8cc(-c9cccc%10c9Oc9cc%11c(cc9O%10)-c9ccccc9C%11(c9ccccc9)c9ccccc9)cc(-c9ccccc9)n8)ccc7c56)cc4c4ccccc4c3c2)cc(-c2cccc3c2Oc2cc4c(cc2O3)-c2ccccc2C4(c2ccccc2)c2ccccc2)n1. The Labute approximate surface area is 676 Å². The topological polar surface area (TPSA) is 62.7 Å². The van der Waals surface area contributed by atoms with Gasteiger partial charge in [0.05, 0.1) is 27.9 Å². The average Bonchev–Trinajstić information content (AvgIpc) is 1.55. The number of para-hydroxylation sites is 2. The fourth-order valence-electron chi connectivity index (χ4n) is 19.9. The van der Waals surface area contributed by atoms with E-state index in [4.69, 9.17) is 28.9 Å². The fraction of sp³-hybridized carbons (Fsp3) is 0.0270. The molecule has 0 unspecified atom stereocenters. The van der Waals surface area contributed by atoms with E-state index in [0.717, 1.165) is 94.9 Å². The first-order valence-corrected chi connectivity index (χ1v) is 40.0. The van der Waals surface area contributed by atoms with Gasteiger partial charge in [0.1, 0.15) is 0 Å². The largest absolute Gasteiger partial charge is 0.449 e. The lowest BCUT2D eigenvalue weighted by Crippen LogP contribution is -2.28. The van der Waals surface area contributed by atoms with Crippen LogP contribution in [0.1, 0.15) is 50.2 Å². The molecule has 0 N–H and O–H groups in total. The summed E-state index contributed by atoms with van der Waals surface area (Å²) in [5, 5.41) is 11.8. The minimum Gasteiger partial charge on any atom is -0.449 e. The van der Waals surface area contributed by atoms with Crippen LogP contribution in [0.25, 0.3) is 143 Å². The Kier molecular flexibility index (Phi) is 14.7. The summed E-state index contributed by atoms with van der Waals surface area (Å²) in [5.74, 6) is 5.27. The molecule has 0 bridgehead atoms. The minimum absolute atomic E-state index is 0.594. The summed E-state index contributed by atoms with van der Waals surface area (Å²) in [6.07, 6.45) is 0. The van der Waals surface area contributed by atoms with E-state index in [0.29, 0.717) is 46.0 Å². The molecule has 0 saturated carbocycles. The van der Waals surface area contributed by atoms with Crippen LogP contribution in [0.2, 0.25) is 0 Å². The second-order valence-corrected chi connectivity index (χ2v) is 31.3. The van der Waals surface area contributed by atoms with Crippen molar-refractivity contribution >= 4 is 53.9 Å². The predicted octanol–water partition coefficient (Wildman–Crippen LogP) is 29.1. The van der Waals surface area contributed by atoms with Crippen molar-refractivity contribution in [3.05, 3.63) is 445 Å². The first kappa shape index (κ1) is 66.4. The van der Waals surface area contributed by atoms with Gasteiger partial charge in [0.2, 0.25) is 0 Å². The first-order chi connectivity index (χ1) is 57.8. The third kappa shape index (κ3) is 10.1. The minimum atomic E-state index is -0.605. The van der Waals surface area contributed by atoms with Crippen molar-refractivity contribution in [3.63, 3.8) is 0 Å². The van der Waals surface area contributed by atoms with Gasteiger partial charge in [-0.05, 0) is 240 Å². The third-order valence-corrected chi connectivity index (χ3v) is 24.9. The van der Waals surface area contributed by atoms with Gasteiger partial charge in [-0.2, -0.15) is 0 Å². The van der Waals surface area contributed by atoms with Crippen LogP contribution in [0.3, 0.4) is 0 Å². The molecule has 4 aliphatic rings. The van der Waals surface area contributed by atoms with Gasteiger partial charge in [0, 0.05) is 27.9 Å². The summed E-state index contributed by atoms with van der Waals surface area (Å²) in [7, 11) is 0. The molecule has 2 aromatic heterocycles. The second-order valence-electron chi connectivity index (χ2n) is 31.3. The summed E-state index contributed by atoms with van der Waals surface area (Å²) in [6, 6.07) is 142. The molecule has 0 amide bonds. The lowest BCUT2D eigenvalue weighted by Gasteiger charge is -2.34.